The minimum absolute atomic E-state index is 0.0905. The van der Waals surface area contributed by atoms with Crippen molar-refractivity contribution in [2.45, 2.75) is 39.1 Å². The molecule has 1 amide bonds. The Morgan fingerprint density at radius 2 is 1.65 bits per heavy atom. The largest absolute Gasteiger partial charge is 0.364 e. The van der Waals surface area contributed by atoms with Crippen LogP contribution in [0.25, 0.3) is 0 Å². The van der Waals surface area contributed by atoms with Crippen molar-refractivity contribution < 1.29 is 9.53 Å². The van der Waals surface area contributed by atoms with Gasteiger partial charge in [0.05, 0.1) is 6.61 Å². The van der Waals surface area contributed by atoms with Crippen molar-refractivity contribution in [3.8, 4) is 0 Å². The summed E-state index contributed by atoms with van der Waals surface area (Å²) >= 11 is 0. The van der Waals surface area contributed by atoms with Gasteiger partial charge >= 0.3 is 0 Å². The zero-order chi connectivity index (χ0) is 18.4. The van der Waals surface area contributed by atoms with E-state index in [0.29, 0.717) is 6.61 Å². The van der Waals surface area contributed by atoms with Crippen molar-refractivity contribution in [2.24, 2.45) is 0 Å². The number of benzene rings is 2. The Bertz CT molecular complexity index is 690. The van der Waals surface area contributed by atoms with Gasteiger partial charge < -0.3 is 9.64 Å². The van der Waals surface area contributed by atoms with Crippen LogP contribution in [0.3, 0.4) is 0 Å². The second kappa shape index (κ2) is 8.97. The number of rotatable bonds is 6. The Balaban J connectivity index is 1.49. The van der Waals surface area contributed by atoms with Crippen LogP contribution in [-0.4, -0.2) is 47.5 Å². The number of amides is 1. The fraction of sp³-hybridized carbons (Fsp3) is 0.409. The van der Waals surface area contributed by atoms with Gasteiger partial charge in [-0.1, -0.05) is 60.7 Å². The van der Waals surface area contributed by atoms with Gasteiger partial charge in [-0.15, -0.1) is 0 Å². The second-order valence-electron chi connectivity index (χ2n) is 7.04. The molecule has 2 aromatic rings. The third-order valence-electron chi connectivity index (χ3n) is 4.93. The molecule has 138 valence electrons. The molecule has 0 aliphatic carbocycles. The number of carbonyl (C=O) groups excluding carboxylic acids is 1. The second-order valence-corrected chi connectivity index (χ2v) is 7.04. The molecular weight excluding hydrogens is 324 g/mol. The van der Waals surface area contributed by atoms with E-state index < -0.39 is 6.10 Å². The Kier molecular flexibility index (Phi) is 6.42. The summed E-state index contributed by atoms with van der Waals surface area (Å²) in [5.41, 5.74) is 2.41. The quantitative estimate of drug-likeness (QED) is 0.799. The van der Waals surface area contributed by atoms with Crippen molar-refractivity contribution in [1.29, 1.82) is 0 Å². The highest BCUT2D eigenvalue weighted by Gasteiger charge is 2.30. The first-order valence-electron chi connectivity index (χ1n) is 9.36. The van der Waals surface area contributed by atoms with E-state index >= 15 is 0 Å². The third-order valence-corrected chi connectivity index (χ3v) is 4.93. The van der Waals surface area contributed by atoms with E-state index in [1.54, 1.807) is 0 Å². The summed E-state index contributed by atoms with van der Waals surface area (Å²) < 4.78 is 5.81. The lowest BCUT2D eigenvalue weighted by Crippen LogP contribution is -2.55. The number of hydrogen-bond acceptors (Lipinski definition) is 3. The predicted molar refractivity (Wildman–Crippen MR) is 104 cm³/mol. The van der Waals surface area contributed by atoms with E-state index in [9.17, 15) is 4.79 Å². The maximum absolute atomic E-state index is 12.8. The normalized spacial score (nSPS) is 19.3. The standard InChI is InChI=1S/C22H28N2O2/c1-18-15-23(16-20-9-5-3-6-10-20)13-14-24(18)22(25)19(2)26-17-21-11-7-4-8-12-21/h3-12,18-19H,13-17H2,1-2H3. The molecule has 3 rings (SSSR count). The van der Waals surface area contributed by atoms with Crippen LogP contribution >= 0.6 is 0 Å². The lowest BCUT2D eigenvalue weighted by Gasteiger charge is -2.40. The third kappa shape index (κ3) is 4.93. The molecule has 0 radical (unpaired) electrons. The summed E-state index contributed by atoms with van der Waals surface area (Å²) in [4.78, 5) is 17.2. The average molecular weight is 352 g/mol. The van der Waals surface area contributed by atoms with Gasteiger partial charge in [-0.3, -0.25) is 9.69 Å². The summed E-state index contributed by atoms with van der Waals surface area (Å²) in [6.07, 6.45) is -0.418. The van der Waals surface area contributed by atoms with Crippen LogP contribution in [-0.2, 0) is 22.7 Å². The van der Waals surface area contributed by atoms with Crippen LogP contribution in [0.1, 0.15) is 25.0 Å². The van der Waals surface area contributed by atoms with Crippen LogP contribution in [0, 0.1) is 0 Å². The van der Waals surface area contributed by atoms with Crippen molar-refractivity contribution in [2.75, 3.05) is 19.6 Å². The van der Waals surface area contributed by atoms with E-state index in [1.165, 1.54) is 5.56 Å². The molecule has 26 heavy (non-hydrogen) atoms. The zero-order valence-corrected chi connectivity index (χ0v) is 15.7. The van der Waals surface area contributed by atoms with E-state index in [1.807, 2.05) is 48.2 Å². The molecule has 2 atom stereocenters. The Morgan fingerprint density at radius 3 is 2.27 bits per heavy atom. The highest BCUT2D eigenvalue weighted by Crippen LogP contribution is 2.15. The van der Waals surface area contributed by atoms with Crippen LogP contribution in [0.4, 0.5) is 0 Å². The maximum atomic E-state index is 12.8. The van der Waals surface area contributed by atoms with Crippen LogP contribution in [0.5, 0.6) is 0 Å². The van der Waals surface area contributed by atoms with Gasteiger partial charge in [0.1, 0.15) is 6.10 Å². The molecule has 1 heterocycles. The van der Waals surface area contributed by atoms with E-state index in [-0.39, 0.29) is 11.9 Å². The maximum Gasteiger partial charge on any atom is 0.251 e. The zero-order valence-electron chi connectivity index (χ0n) is 15.7. The number of nitrogens with zero attached hydrogens (tertiary/aromatic N) is 2. The van der Waals surface area contributed by atoms with Crippen molar-refractivity contribution >= 4 is 5.91 Å². The first kappa shape index (κ1) is 18.6. The fourth-order valence-electron chi connectivity index (χ4n) is 3.45. The topological polar surface area (TPSA) is 32.8 Å². The molecule has 2 unspecified atom stereocenters. The summed E-state index contributed by atoms with van der Waals surface area (Å²) in [5, 5.41) is 0. The van der Waals surface area contributed by atoms with E-state index in [4.69, 9.17) is 4.74 Å². The van der Waals surface area contributed by atoms with Gasteiger partial charge in [-0.05, 0) is 25.0 Å². The summed E-state index contributed by atoms with van der Waals surface area (Å²) in [6.45, 7) is 7.94. The fourth-order valence-corrected chi connectivity index (χ4v) is 3.45. The molecule has 0 N–H and O–H groups in total. The molecule has 0 bridgehead atoms. The molecule has 1 aliphatic heterocycles. The van der Waals surface area contributed by atoms with E-state index in [0.717, 1.165) is 31.7 Å². The van der Waals surface area contributed by atoms with Gasteiger partial charge in [-0.25, -0.2) is 0 Å². The summed E-state index contributed by atoms with van der Waals surface area (Å²) in [6, 6.07) is 20.7. The highest BCUT2D eigenvalue weighted by molar-refractivity contribution is 5.81. The molecule has 1 saturated heterocycles. The Labute approximate surface area is 156 Å². The molecule has 1 fully saturated rings. The van der Waals surface area contributed by atoms with Gasteiger partial charge in [0, 0.05) is 32.2 Å². The minimum atomic E-state index is -0.418. The lowest BCUT2D eigenvalue weighted by atomic mass is 10.1. The number of carbonyl (C=O) groups is 1. The lowest BCUT2D eigenvalue weighted by molar-refractivity contribution is -0.148. The van der Waals surface area contributed by atoms with E-state index in [2.05, 4.69) is 36.1 Å². The van der Waals surface area contributed by atoms with Gasteiger partial charge in [0.2, 0.25) is 0 Å². The van der Waals surface area contributed by atoms with Crippen LogP contribution < -0.4 is 0 Å². The van der Waals surface area contributed by atoms with Crippen molar-refractivity contribution in [3.63, 3.8) is 0 Å². The first-order chi connectivity index (χ1) is 12.6. The molecule has 4 heteroatoms. The SMILES string of the molecule is CC(OCc1ccccc1)C(=O)N1CCN(Cc2ccccc2)CC1C. The first-order valence-corrected chi connectivity index (χ1v) is 9.36. The number of ether oxygens (including phenoxy) is 1. The molecule has 2 aromatic carbocycles. The molecule has 4 nitrogen and oxygen atoms in total. The average Bonchev–Trinajstić information content (AvgIpc) is 2.67. The van der Waals surface area contributed by atoms with Crippen molar-refractivity contribution in [1.82, 2.24) is 9.80 Å². The molecular formula is C22H28N2O2. The van der Waals surface area contributed by atoms with Crippen molar-refractivity contribution in [3.05, 3.63) is 71.8 Å². The van der Waals surface area contributed by atoms with Gasteiger partial charge in [0.25, 0.3) is 5.91 Å². The molecule has 0 spiro atoms. The van der Waals surface area contributed by atoms with Crippen LogP contribution in [0.15, 0.2) is 60.7 Å². The van der Waals surface area contributed by atoms with Gasteiger partial charge in [0.15, 0.2) is 0 Å². The molecule has 1 aliphatic rings. The predicted octanol–water partition coefficient (Wildman–Crippen LogP) is 3.32. The highest BCUT2D eigenvalue weighted by atomic mass is 16.5. The number of hydrogen-bond donors (Lipinski definition) is 0. The number of piperazine rings is 1. The van der Waals surface area contributed by atoms with Gasteiger partial charge in [-0.2, -0.15) is 0 Å². The molecule has 0 saturated carbocycles. The Morgan fingerprint density at radius 1 is 1.04 bits per heavy atom. The smallest absolute Gasteiger partial charge is 0.251 e. The monoisotopic (exact) mass is 352 g/mol. The van der Waals surface area contributed by atoms with Crippen LogP contribution in [0.2, 0.25) is 0 Å². The summed E-state index contributed by atoms with van der Waals surface area (Å²) in [7, 11) is 0. The minimum Gasteiger partial charge on any atom is -0.364 e. The molecule has 0 aromatic heterocycles. The summed E-state index contributed by atoms with van der Waals surface area (Å²) in [5.74, 6) is 0.0905. The Hall–Kier alpha value is -2.17.